The van der Waals surface area contributed by atoms with E-state index in [-0.39, 0.29) is 24.6 Å². The highest BCUT2D eigenvalue weighted by Gasteiger charge is 2.16. The molecule has 0 atom stereocenters. The molecule has 0 aliphatic heterocycles. The Morgan fingerprint density at radius 3 is 2.25 bits per heavy atom. The lowest BCUT2D eigenvalue weighted by molar-refractivity contribution is -0.121. The van der Waals surface area contributed by atoms with Crippen LogP contribution >= 0.6 is 0 Å². The van der Waals surface area contributed by atoms with Gasteiger partial charge < -0.3 is 19.5 Å². The number of carbonyl (C=O) groups excluding carboxylic acids is 1. The van der Waals surface area contributed by atoms with Crippen molar-refractivity contribution >= 4 is 16.9 Å². The Morgan fingerprint density at radius 1 is 1.00 bits per heavy atom. The first kappa shape index (κ1) is 23.1. The van der Waals surface area contributed by atoms with E-state index >= 15 is 0 Å². The molecule has 0 aliphatic carbocycles. The number of aryl methyl sites for hydroxylation is 1. The first-order valence-electron chi connectivity index (χ1n) is 10.8. The predicted molar refractivity (Wildman–Crippen MR) is 123 cm³/mol. The van der Waals surface area contributed by atoms with Gasteiger partial charge in [-0.3, -0.25) is 14.2 Å². The summed E-state index contributed by atoms with van der Waals surface area (Å²) in [7, 11) is 0. The molecule has 1 amide bonds. The average molecular weight is 440 g/mol. The molecule has 0 fully saturated rings. The highest BCUT2D eigenvalue weighted by molar-refractivity contribution is 5.80. The van der Waals surface area contributed by atoms with Crippen LogP contribution in [0.15, 0.2) is 41.2 Å². The zero-order valence-corrected chi connectivity index (χ0v) is 18.9. The minimum absolute atomic E-state index is 0.101. The van der Waals surface area contributed by atoms with Crippen molar-refractivity contribution in [3.05, 3.63) is 58.0 Å². The number of fused-ring (bicyclic) bond motifs is 1. The summed E-state index contributed by atoms with van der Waals surface area (Å²) in [5.41, 5.74) is 2.17. The predicted octanol–water partition coefficient (Wildman–Crippen LogP) is 3.22. The second-order valence-corrected chi connectivity index (χ2v) is 7.07. The molecule has 2 aromatic carbocycles. The van der Waals surface area contributed by atoms with Gasteiger partial charge >= 0.3 is 0 Å². The fourth-order valence-electron chi connectivity index (χ4n) is 3.42. The van der Waals surface area contributed by atoms with Gasteiger partial charge in [0.15, 0.2) is 11.5 Å². The maximum Gasteiger partial charge on any atom is 0.272 e. The van der Waals surface area contributed by atoms with Gasteiger partial charge in [-0.05, 0) is 57.5 Å². The van der Waals surface area contributed by atoms with Gasteiger partial charge in [-0.2, -0.15) is 0 Å². The van der Waals surface area contributed by atoms with E-state index in [1.165, 1.54) is 4.57 Å². The molecule has 0 spiro atoms. The van der Waals surface area contributed by atoms with E-state index < -0.39 is 0 Å². The Bertz CT molecular complexity index is 1130. The number of nitrogens with zero attached hydrogens (tertiary/aromatic N) is 2. The minimum atomic E-state index is -0.285. The molecular formula is C24H29N3O5. The van der Waals surface area contributed by atoms with Crippen LogP contribution in [0, 0.1) is 6.92 Å². The monoisotopic (exact) mass is 439 g/mol. The third-order valence-electron chi connectivity index (χ3n) is 4.78. The number of hydrogen-bond donors (Lipinski definition) is 1. The Kier molecular flexibility index (Phi) is 7.70. The van der Waals surface area contributed by atoms with Crippen LogP contribution in [0.25, 0.3) is 11.0 Å². The van der Waals surface area contributed by atoms with Gasteiger partial charge in [0, 0.05) is 6.54 Å². The lowest BCUT2D eigenvalue weighted by Gasteiger charge is -2.17. The summed E-state index contributed by atoms with van der Waals surface area (Å²) in [4.78, 5) is 29.6. The van der Waals surface area contributed by atoms with Crippen molar-refractivity contribution in [1.82, 2.24) is 14.9 Å². The number of nitrogens with one attached hydrogen (secondary N) is 1. The van der Waals surface area contributed by atoms with Crippen molar-refractivity contribution in [2.24, 2.45) is 0 Å². The van der Waals surface area contributed by atoms with Gasteiger partial charge in [0.2, 0.25) is 11.7 Å². The van der Waals surface area contributed by atoms with Crippen LogP contribution < -0.4 is 25.1 Å². The fourth-order valence-corrected chi connectivity index (χ4v) is 3.42. The summed E-state index contributed by atoms with van der Waals surface area (Å²) >= 11 is 0. The summed E-state index contributed by atoms with van der Waals surface area (Å²) < 4.78 is 18.6. The van der Waals surface area contributed by atoms with Crippen LogP contribution in [0.3, 0.4) is 0 Å². The van der Waals surface area contributed by atoms with Crippen LogP contribution in [0.1, 0.15) is 32.0 Å². The molecule has 0 radical (unpaired) electrons. The summed E-state index contributed by atoms with van der Waals surface area (Å²) in [6, 6.07) is 10.9. The Hall–Kier alpha value is -3.55. The number of para-hydroxylation sites is 2. The number of ether oxygens (including phenoxy) is 3. The molecule has 8 nitrogen and oxygen atoms in total. The summed E-state index contributed by atoms with van der Waals surface area (Å²) in [6.45, 7) is 8.90. The quantitative estimate of drug-likeness (QED) is 0.522. The highest BCUT2D eigenvalue weighted by Crippen LogP contribution is 2.39. The normalized spacial score (nSPS) is 10.8. The molecule has 32 heavy (non-hydrogen) atoms. The minimum Gasteiger partial charge on any atom is -0.490 e. The van der Waals surface area contributed by atoms with Gasteiger partial charge in [-0.1, -0.05) is 12.1 Å². The number of carbonyl (C=O) groups is 1. The van der Waals surface area contributed by atoms with Gasteiger partial charge in [0.25, 0.3) is 5.56 Å². The summed E-state index contributed by atoms with van der Waals surface area (Å²) in [5, 5.41) is 2.88. The molecule has 3 aromatic rings. The van der Waals surface area contributed by atoms with E-state index in [4.69, 9.17) is 14.2 Å². The molecule has 0 saturated carbocycles. The second-order valence-electron chi connectivity index (χ2n) is 7.07. The molecule has 1 aromatic heterocycles. The number of aromatic nitrogens is 2. The lowest BCUT2D eigenvalue weighted by atomic mass is 10.1. The lowest BCUT2D eigenvalue weighted by Crippen LogP contribution is -2.33. The van der Waals surface area contributed by atoms with E-state index in [0.29, 0.717) is 53.8 Å². The van der Waals surface area contributed by atoms with E-state index in [0.717, 1.165) is 5.56 Å². The molecule has 0 saturated heterocycles. The first-order valence-corrected chi connectivity index (χ1v) is 10.8. The standard InChI is InChI=1S/C24H29N3O5/c1-5-30-20-12-17(13-21(31-6-2)23(20)32-7-3)14-25-22(28)15-27-19-11-9-8-10-18(19)26-16(4)24(27)29/h8-13H,5-7,14-15H2,1-4H3,(H,25,28). The third-order valence-corrected chi connectivity index (χ3v) is 4.78. The van der Waals surface area contributed by atoms with Crippen LogP contribution in [0.5, 0.6) is 17.2 Å². The van der Waals surface area contributed by atoms with Gasteiger partial charge in [0.05, 0.1) is 30.9 Å². The van der Waals surface area contributed by atoms with E-state index in [2.05, 4.69) is 10.3 Å². The molecular weight excluding hydrogens is 410 g/mol. The van der Waals surface area contributed by atoms with Crippen LogP contribution in [0.4, 0.5) is 0 Å². The third kappa shape index (κ3) is 5.19. The van der Waals surface area contributed by atoms with Crippen LogP contribution in [0.2, 0.25) is 0 Å². The van der Waals surface area contributed by atoms with Crippen LogP contribution in [-0.2, 0) is 17.9 Å². The zero-order chi connectivity index (χ0) is 23.1. The van der Waals surface area contributed by atoms with Crippen molar-refractivity contribution in [1.29, 1.82) is 0 Å². The van der Waals surface area contributed by atoms with E-state index in [1.807, 2.05) is 51.1 Å². The number of rotatable bonds is 10. The second kappa shape index (κ2) is 10.7. The number of hydrogen-bond acceptors (Lipinski definition) is 6. The van der Waals surface area contributed by atoms with Gasteiger partial charge in [-0.15, -0.1) is 0 Å². The largest absolute Gasteiger partial charge is 0.490 e. The Morgan fingerprint density at radius 2 is 1.62 bits per heavy atom. The SMILES string of the molecule is CCOc1cc(CNC(=O)Cn2c(=O)c(C)nc3ccccc32)cc(OCC)c1OCC. The van der Waals surface area contributed by atoms with Crippen molar-refractivity contribution < 1.29 is 19.0 Å². The average Bonchev–Trinajstić information content (AvgIpc) is 2.78. The molecule has 170 valence electrons. The maximum atomic E-state index is 12.7. The maximum absolute atomic E-state index is 12.7. The molecule has 3 rings (SSSR count). The molecule has 1 heterocycles. The Labute approximate surface area is 187 Å². The summed E-state index contributed by atoms with van der Waals surface area (Å²) in [5.74, 6) is 1.40. The van der Waals surface area contributed by atoms with Crippen molar-refractivity contribution in [3.63, 3.8) is 0 Å². The molecule has 8 heteroatoms. The molecule has 0 aliphatic rings. The highest BCUT2D eigenvalue weighted by atomic mass is 16.5. The summed E-state index contributed by atoms with van der Waals surface area (Å²) in [6.07, 6.45) is 0. The number of benzene rings is 2. The molecule has 1 N–H and O–H groups in total. The topological polar surface area (TPSA) is 91.7 Å². The van der Waals surface area contributed by atoms with Crippen molar-refractivity contribution in [2.75, 3.05) is 19.8 Å². The number of amides is 1. The van der Waals surface area contributed by atoms with Gasteiger partial charge in [0.1, 0.15) is 12.2 Å². The van der Waals surface area contributed by atoms with Crippen LogP contribution in [-0.4, -0.2) is 35.3 Å². The fraction of sp³-hybridized carbons (Fsp3) is 0.375. The first-order chi connectivity index (χ1) is 15.5. The smallest absolute Gasteiger partial charge is 0.272 e. The van der Waals surface area contributed by atoms with E-state index in [9.17, 15) is 9.59 Å². The molecule has 0 unspecified atom stereocenters. The Balaban J connectivity index is 1.81. The molecule has 0 bridgehead atoms. The van der Waals surface area contributed by atoms with E-state index in [1.54, 1.807) is 13.0 Å². The zero-order valence-electron chi connectivity index (χ0n) is 18.9. The van der Waals surface area contributed by atoms with Crippen molar-refractivity contribution in [2.45, 2.75) is 40.8 Å². The van der Waals surface area contributed by atoms with Gasteiger partial charge in [-0.25, -0.2) is 4.98 Å². The van der Waals surface area contributed by atoms with Crippen molar-refractivity contribution in [3.8, 4) is 17.2 Å².